The molecule has 0 bridgehead atoms. The Morgan fingerprint density at radius 2 is 2.15 bits per heavy atom. The molecular weight excluding hydrogens is 276 g/mol. The zero-order chi connectivity index (χ0) is 14.4. The zero-order valence-electron chi connectivity index (χ0n) is 11.1. The van der Waals surface area contributed by atoms with E-state index in [1.54, 1.807) is 30.6 Å². The second-order valence-electron chi connectivity index (χ2n) is 4.16. The van der Waals surface area contributed by atoms with Gasteiger partial charge in [-0.2, -0.15) is 0 Å². The van der Waals surface area contributed by atoms with Crippen LogP contribution in [0.4, 0.5) is 11.5 Å². The molecule has 0 fully saturated rings. The van der Waals surface area contributed by atoms with Crippen LogP contribution in [-0.2, 0) is 0 Å². The third-order valence-electron chi connectivity index (χ3n) is 2.60. The van der Waals surface area contributed by atoms with Gasteiger partial charge in [-0.25, -0.2) is 4.98 Å². The molecule has 1 amide bonds. The first-order valence-electron chi connectivity index (χ1n) is 6.31. The van der Waals surface area contributed by atoms with Crippen molar-refractivity contribution >= 4 is 29.0 Å². The number of hydrogen-bond acceptors (Lipinski definition) is 4. The van der Waals surface area contributed by atoms with E-state index in [1.165, 1.54) is 6.20 Å². The highest BCUT2D eigenvalue weighted by Crippen LogP contribution is 2.16. The number of halogens is 1. The zero-order valence-corrected chi connectivity index (χ0v) is 11.8. The van der Waals surface area contributed by atoms with Gasteiger partial charge >= 0.3 is 0 Å². The third kappa shape index (κ3) is 3.68. The summed E-state index contributed by atoms with van der Waals surface area (Å²) in [5, 5.41) is 6.42. The van der Waals surface area contributed by atoms with Gasteiger partial charge in [0, 0.05) is 18.9 Å². The van der Waals surface area contributed by atoms with Gasteiger partial charge in [-0.05, 0) is 24.6 Å². The Hall–Kier alpha value is -2.14. The van der Waals surface area contributed by atoms with Gasteiger partial charge in [0.2, 0.25) is 0 Å². The van der Waals surface area contributed by atoms with Crippen molar-refractivity contribution < 1.29 is 4.79 Å². The topological polar surface area (TPSA) is 66.9 Å². The van der Waals surface area contributed by atoms with Crippen LogP contribution in [0.2, 0.25) is 5.02 Å². The summed E-state index contributed by atoms with van der Waals surface area (Å²) in [7, 11) is 0. The van der Waals surface area contributed by atoms with Crippen molar-refractivity contribution in [2.75, 3.05) is 17.2 Å². The fraction of sp³-hybridized carbons (Fsp3) is 0.214. The number of rotatable bonds is 5. The quantitative estimate of drug-likeness (QED) is 0.887. The average molecular weight is 291 g/mol. The molecular formula is C14H15ClN4O. The molecule has 2 heterocycles. The smallest absolute Gasteiger partial charge is 0.259 e. The van der Waals surface area contributed by atoms with Crippen molar-refractivity contribution in [2.24, 2.45) is 0 Å². The Labute approximate surface area is 122 Å². The second-order valence-corrected chi connectivity index (χ2v) is 4.60. The van der Waals surface area contributed by atoms with Crippen molar-refractivity contribution in [1.29, 1.82) is 0 Å². The molecule has 2 aromatic heterocycles. The Bertz CT molecular complexity index is 586. The summed E-state index contributed by atoms with van der Waals surface area (Å²) < 4.78 is 0. The Morgan fingerprint density at radius 1 is 1.30 bits per heavy atom. The fourth-order valence-corrected chi connectivity index (χ4v) is 1.74. The summed E-state index contributed by atoms with van der Waals surface area (Å²) in [6.07, 6.45) is 5.68. The van der Waals surface area contributed by atoms with Crippen molar-refractivity contribution in [2.45, 2.75) is 13.3 Å². The lowest BCUT2D eigenvalue weighted by atomic mass is 10.2. The van der Waals surface area contributed by atoms with Gasteiger partial charge < -0.3 is 10.6 Å². The standard InChI is InChI=1S/C14H15ClN4O/c1-2-6-17-12-9-16-7-5-11(12)14(20)19-13-4-3-10(15)8-18-13/h3-5,7-9,17H,2,6H2,1H3,(H,18,19,20). The van der Waals surface area contributed by atoms with Gasteiger partial charge in [-0.15, -0.1) is 0 Å². The SMILES string of the molecule is CCCNc1cnccc1C(=O)Nc1ccc(Cl)cn1. The first-order valence-corrected chi connectivity index (χ1v) is 6.69. The molecule has 0 unspecified atom stereocenters. The van der Waals surface area contributed by atoms with Crippen LogP contribution in [0.5, 0.6) is 0 Å². The Balaban J connectivity index is 2.14. The second kappa shape index (κ2) is 6.86. The van der Waals surface area contributed by atoms with E-state index in [9.17, 15) is 4.79 Å². The van der Waals surface area contributed by atoms with Gasteiger partial charge in [-0.1, -0.05) is 18.5 Å². The molecule has 5 nitrogen and oxygen atoms in total. The summed E-state index contributed by atoms with van der Waals surface area (Å²) in [6, 6.07) is 5.00. The molecule has 2 aromatic rings. The highest BCUT2D eigenvalue weighted by atomic mass is 35.5. The van der Waals surface area contributed by atoms with Gasteiger partial charge in [0.05, 0.1) is 22.5 Å². The van der Waals surface area contributed by atoms with E-state index in [0.29, 0.717) is 22.1 Å². The molecule has 0 spiro atoms. The number of carbonyl (C=O) groups excluding carboxylic acids is 1. The number of hydrogen-bond donors (Lipinski definition) is 2. The first-order chi connectivity index (χ1) is 9.70. The molecule has 0 atom stereocenters. The van der Waals surface area contributed by atoms with Crippen molar-refractivity contribution in [1.82, 2.24) is 9.97 Å². The summed E-state index contributed by atoms with van der Waals surface area (Å²) in [6.45, 7) is 2.84. The fourth-order valence-electron chi connectivity index (χ4n) is 1.63. The number of pyridine rings is 2. The molecule has 2 rings (SSSR count). The molecule has 0 aliphatic rings. The number of amides is 1. The van der Waals surface area contributed by atoms with Gasteiger partial charge in [0.25, 0.3) is 5.91 Å². The van der Waals surface area contributed by atoms with Gasteiger partial charge in [-0.3, -0.25) is 9.78 Å². The van der Waals surface area contributed by atoms with Crippen molar-refractivity contribution in [3.8, 4) is 0 Å². The maximum atomic E-state index is 12.2. The van der Waals surface area contributed by atoms with Crippen LogP contribution in [0.3, 0.4) is 0 Å². The molecule has 2 N–H and O–H groups in total. The van der Waals surface area contributed by atoms with E-state index in [1.807, 2.05) is 0 Å². The summed E-state index contributed by atoms with van der Waals surface area (Å²) in [5.74, 6) is 0.221. The van der Waals surface area contributed by atoms with Crippen LogP contribution in [0, 0.1) is 0 Å². The lowest BCUT2D eigenvalue weighted by Crippen LogP contribution is -2.16. The molecule has 6 heteroatoms. The minimum Gasteiger partial charge on any atom is -0.383 e. The van der Waals surface area contributed by atoms with E-state index >= 15 is 0 Å². The maximum absolute atomic E-state index is 12.2. The predicted octanol–water partition coefficient (Wildman–Crippen LogP) is 3.20. The van der Waals surface area contributed by atoms with E-state index in [2.05, 4.69) is 27.5 Å². The monoisotopic (exact) mass is 290 g/mol. The van der Waals surface area contributed by atoms with Crippen LogP contribution in [0.25, 0.3) is 0 Å². The van der Waals surface area contributed by atoms with Crippen LogP contribution < -0.4 is 10.6 Å². The highest BCUT2D eigenvalue weighted by molar-refractivity contribution is 6.30. The van der Waals surface area contributed by atoms with E-state index in [-0.39, 0.29) is 5.91 Å². The Morgan fingerprint density at radius 3 is 2.85 bits per heavy atom. The van der Waals surface area contributed by atoms with Crippen LogP contribution in [0.15, 0.2) is 36.8 Å². The third-order valence-corrected chi connectivity index (χ3v) is 2.82. The van der Waals surface area contributed by atoms with E-state index in [0.717, 1.165) is 13.0 Å². The number of anilines is 2. The number of nitrogens with one attached hydrogen (secondary N) is 2. The van der Waals surface area contributed by atoms with E-state index < -0.39 is 0 Å². The average Bonchev–Trinajstić information content (AvgIpc) is 2.47. The predicted molar refractivity (Wildman–Crippen MR) is 80.2 cm³/mol. The van der Waals surface area contributed by atoms with Crippen LogP contribution >= 0.6 is 11.6 Å². The van der Waals surface area contributed by atoms with Crippen LogP contribution in [-0.4, -0.2) is 22.4 Å². The lowest BCUT2D eigenvalue weighted by Gasteiger charge is -2.10. The minimum atomic E-state index is -0.235. The van der Waals surface area contributed by atoms with Gasteiger partial charge in [0.15, 0.2) is 0 Å². The Kier molecular flexibility index (Phi) is 4.90. The molecule has 104 valence electrons. The molecule has 0 aliphatic heterocycles. The normalized spacial score (nSPS) is 10.1. The lowest BCUT2D eigenvalue weighted by molar-refractivity contribution is 0.102. The molecule has 0 radical (unpaired) electrons. The number of aromatic nitrogens is 2. The molecule has 0 aromatic carbocycles. The number of carbonyl (C=O) groups is 1. The molecule has 0 saturated heterocycles. The van der Waals surface area contributed by atoms with Crippen LogP contribution in [0.1, 0.15) is 23.7 Å². The summed E-state index contributed by atoms with van der Waals surface area (Å²) in [5.41, 5.74) is 1.24. The molecule has 0 aliphatic carbocycles. The maximum Gasteiger partial charge on any atom is 0.259 e. The summed E-state index contributed by atoms with van der Waals surface area (Å²) >= 11 is 5.75. The first kappa shape index (κ1) is 14.3. The molecule has 20 heavy (non-hydrogen) atoms. The van der Waals surface area contributed by atoms with E-state index in [4.69, 9.17) is 11.6 Å². The highest BCUT2D eigenvalue weighted by Gasteiger charge is 2.11. The van der Waals surface area contributed by atoms with Crippen molar-refractivity contribution in [3.05, 3.63) is 47.4 Å². The largest absolute Gasteiger partial charge is 0.383 e. The molecule has 0 saturated carbocycles. The number of nitrogens with zero attached hydrogens (tertiary/aromatic N) is 2. The van der Waals surface area contributed by atoms with Crippen molar-refractivity contribution in [3.63, 3.8) is 0 Å². The summed E-state index contributed by atoms with van der Waals surface area (Å²) in [4.78, 5) is 20.3. The van der Waals surface area contributed by atoms with Gasteiger partial charge in [0.1, 0.15) is 5.82 Å². The minimum absolute atomic E-state index is 0.235.